The van der Waals surface area contributed by atoms with E-state index < -0.39 is 0 Å². The Hall–Kier alpha value is -1.45. The minimum absolute atomic E-state index is 0.181. The standard InChI is InChI=1S/C17H18ClNOS/c1-3-4-12-5-7-13(8-6-12)19-17(20)15-11-14(21-2)9-10-16(15)18/h5-11H,3-4H2,1-2H3,(H,19,20). The molecule has 4 heteroatoms. The van der Waals surface area contributed by atoms with Gasteiger partial charge in [0, 0.05) is 10.6 Å². The molecule has 0 radical (unpaired) electrons. The van der Waals surface area contributed by atoms with E-state index in [4.69, 9.17) is 11.6 Å². The lowest BCUT2D eigenvalue weighted by Crippen LogP contribution is -2.12. The van der Waals surface area contributed by atoms with Crippen LogP contribution in [0.4, 0.5) is 5.69 Å². The molecule has 110 valence electrons. The van der Waals surface area contributed by atoms with E-state index in [1.807, 2.05) is 42.7 Å². The van der Waals surface area contributed by atoms with E-state index in [9.17, 15) is 4.79 Å². The second-order valence-electron chi connectivity index (χ2n) is 4.75. The van der Waals surface area contributed by atoms with Crippen molar-refractivity contribution >= 4 is 35.0 Å². The van der Waals surface area contributed by atoms with Crippen LogP contribution in [-0.2, 0) is 6.42 Å². The number of carbonyl (C=O) groups excluding carboxylic acids is 1. The molecule has 0 aliphatic carbocycles. The fourth-order valence-electron chi connectivity index (χ4n) is 2.05. The van der Waals surface area contributed by atoms with Crippen LogP contribution in [0.1, 0.15) is 29.3 Å². The molecule has 0 saturated carbocycles. The van der Waals surface area contributed by atoms with Crippen LogP contribution in [0.3, 0.4) is 0 Å². The first-order valence-corrected chi connectivity index (χ1v) is 8.48. The predicted octanol–water partition coefficient (Wildman–Crippen LogP) is 5.27. The molecule has 0 unspecified atom stereocenters. The quantitative estimate of drug-likeness (QED) is 0.761. The highest BCUT2D eigenvalue weighted by Gasteiger charge is 2.11. The van der Waals surface area contributed by atoms with Crippen molar-refractivity contribution in [2.45, 2.75) is 24.7 Å². The van der Waals surface area contributed by atoms with Gasteiger partial charge in [0.2, 0.25) is 0 Å². The molecular formula is C17H18ClNOS. The number of thioether (sulfide) groups is 1. The van der Waals surface area contributed by atoms with Crippen molar-refractivity contribution in [3.8, 4) is 0 Å². The maximum Gasteiger partial charge on any atom is 0.257 e. The van der Waals surface area contributed by atoms with Crippen LogP contribution < -0.4 is 5.32 Å². The normalized spacial score (nSPS) is 10.4. The summed E-state index contributed by atoms with van der Waals surface area (Å²) in [5.41, 5.74) is 2.56. The van der Waals surface area contributed by atoms with Crippen LogP contribution in [-0.4, -0.2) is 12.2 Å². The van der Waals surface area contributed by atoms with E-state index in [2.05, 4.69) is 12.2 Å². The second kappa shape index (κ2) is 7.53. The van der Waals surface area contributed by atoms with E-state index in [1.165, 1.54) is 5.56 Å². The van der Waals surface area contributed by atoms with Crippen LogP contribution in [0.15, 0.2) is 47.4 Å². The first-order chi connectivity index (χ1) is 10.1. The molecule has 0 spiro atoms. The molecule has 0 aliphatic rings. The lowest BCUT2D eigenvalue weighted by molar-refractivity contribution is 0.102. The lowest BCUT2D eigenvalue weighted by Gasteiger charge is -2.09. The molecule has 0 bridgehead atoms. The van der Waals surface area contributed by atoms with E-state index >= 15 is 0 Å². The third kappa shape index (κ3) is 4.26. The molecular weight excluding hydrogens is 302 g/mol. The number of benzene rings is 2. The molecule has 1 N–H and O–H groups in total. The number of anilines is 1. The molecule has 2 aromatic carbocycles. The summed E-state index contributed by atoms with van der Waals surface area (Å²) in [7, 11) is 0. The highest BCUT2D eigenvalue weighted by molar-refractivity contribution is 7.98. The first-order valence-electron chi connectivity index (χ1n) is 6.88. The van der Waals surface area contributed by atoms with Gasteiger partial charge in [-0.15, -0.1) is 11.8 Å². The van der Waals surface area contributed by atoms with Gasteiger partial charge in [-0.2, -0.15) is 0 Å². The van der Waals surface area contributed by atoms with Gasteiger partial charge in [-0.3, -0.25) is 4.79 Å². The van der Waals surface area contributed by atoms with Crippen molar-refractivity contribution in [3.05, 3.63) is 58.6 Å². The average Bonchev–Trinajstić information content (AvgIpc) is 2.50. The lowest BCUT2D eigenvalue weighted by atomic mass is 10.1. The van der Waals surface area contributed by atoms with Gasteiger partial charge in [-0.25, -0.2) is 0 Å². The smallest absolute Gasteiger partial charge is 0.257 e. The Bertz CT molecular complexity index is 625. The van der Waals surface area contributed by atoms with E-state index in [1.54, 1.807) is 17.8 Å². The third-order valence-electron chi connectivity index (χ3n) is 3.17. The van der Waals surface area contributed by atoms with Crippen LogP contribution in [0, 0.1) is 0 Å². The summed E-state index contributed by atoms with van der Waals surface area (Å²) in [5, 5.41) is 3.35. The highest BCUT2D eigenvalue weighted by atomic mass is 35.5. The Kier molecular flexibility index (Phi) is 5.71. The second-order valence-corrected chi connectivity index (χ2v) is 6.03. The SMILES string of the molecule is CCCc1ccc(NC(=O)c2cc(SC)ccc2Cl)cc1. The Morgan fingerprint density at radius 2 is 1.90 bits per heavy atom. The van der Waals surface area contributed by atoms with Gasteiger partial charge in [0.25, 0.3) is 5.91 Å². The fourth-order valence-corrected chi connectivity index (χ4v) is 2.69. The largest absolute Gasteiger partial charge is 0.322 e. The van der Waals surface area contributed by atoms with Crippen molar-refractivity contribution < 1.29 is 4.79 Å². The molecule has 0 heterocycles. The van der Waals surface area contributed by atoms with Gasteiger partial charge < -0.3 is 5.32 Å². The molecule has 2 aromatic rings. The van der Waals surface area contributed by atoms with Crippen molar-refractivity contribution in [3.63, 3.8) is 0 Å². The Balaban J connectivity index is 2.14. The van der Waals surface area contributed by atoms with Gasteiger partial charge in [0.05, 0.1) is 10.6 Å². The summed E-state index contributed by atoms with van der Waals surface area (Å²) in [6.45, 7) is 2.15. The zero-order chi connectivity index (χ0) is 15.2. The van der Waals surface area contributed by atoms with Crippen molar-refractivity contribution in [1.29, 1.82) is 0 Å². The number of hydrogen-bond donors (Lipinski definition) is 1. The van der Waals surface area contributed by atoms with Crippen molar-refractivity contribution in [2.24, 2.45) is 0 Å². The van der Waals surface area contributed by atoms with Gasteiger partial charge in [-0.05, 0) is 48.6 Å². The monoisotopic (exact) mass is 319 g/mol. The number of amides is 1. The summed E-state index contributed by atoms with van der Waals surface area (Å²) in [6, 6.07) is 13.4. The minimum Gasteiger partial charge on any atom is -0.322 e. The Morgan fingerprint density at radius 1 is 1.19 bits per heavy atom. The van der Waals surface area contributed by atoms with Gasteiger partial charge >= 0.3 is 0 Å². The molecule has 21 heavy (non-hydrogen) atoms. The molecule has 0 fully saturated rings. The molecule has 0 aliphatic heterocycles. The van der Waals surface area contributed by atoms with Gasteiger partial charge in [-0.1, -0.05) is 37.1 Å². The summed E-state index contributed by atoms with van der Waals surface area (Å²) in [4.78, 5) is 13.3. The minimum atomic E-state index is -0.181. The number of halogens is 1. The van der Waals surface area contributed by atoms with Crippen LogP contribution >= 0.6 is 23.4 Å². The topological polar surface area (TPSA) is 29.1 Å². The van der Waals surface area contributed by atoms with E-state index in [0.717, 1.165) is 23.4 Å². The zero-order valence-electron chi connectivity index (χ0n) is 12.2. The number of hydrogen-bond acceptors (Lipinski definition) is 2. The van der Waals surface area contributed by atoms with Crippen molar-refractivity contribution in [2.75, 3.05) is 11.6 Å². The van der Waals surface area contributed by atoms with Gasteiger partial charge in [0.15, 0.2) is 0 Å². The predicted molar refractivity (Wildman–Crippen MR) is 91.6 cm³/mol. The highest BCUT2D eigenvalue weighted by Crippen LogP contribution is 2.24. The first kappa shape index (κ1) is 15.9. The molecule has 0 atom stereocenters. The van der Waals surface area contributed by atoms with Crippen LogP contribution in [0.2, 0.25) is 5.02 Å². The van der Waals surface area contributed by atoms with E-state index in [0.29, 0.717) is 10.6 Å². The Morgan fingerprint density at radius 3 is 2.52 bits per heavy atom. The summed E-state index contributed by atoms with van der Waals surface area (Å²) in [5.74, 6) is -0.181. The average molecular weight is 320 g/mol. The maximum atomic E-state index is 12.3. The molecule has 0 aromatic heterocycles. The molecule has 0 saturated heterocycles. The number of carbonyl (C=O) groups is 1. The zero-order valence-corrected chi connectivity index (χ0v) is 13.7. The molecule has 2 rings (SSSR count). The third-order valence-corrected chi connectivity index (χ3v) is 4.22. The fraction of sp³-hybridized carbons (Fsp3) is 0.235. The summed E-state index contributed by atoms with van der Waals surface area (Å²) < 4.78 is 0. The Labute approximate surface area is 134 Å². The van der Waals surface area contributed by atoms with Crippen LogP contribution in [0.25, 0.3) is 0 Å². The summed E-state index contributed by atoms with van der Waals surface area (Å²) in [6.07, 6.45) is 4.13. The summed E-state index contributed by atoms with van der Waals surface area (Å²) >= 11 is 7.69. The van der Waals surface area contributed by atoms with Crippen LogP contribution in [0.5, 0.6) is 0 Å². The van der Waals surface area contributed by atoms with E-state index in [-0.39, 0.29) is 5.91 Å². The molecule has 2 nitrogen and oxygen atoms in total. The number of nitrogens with one attached hydrogen (secondary N) is 1. The van der Waals surface area contributed by atoms with Crippen molar-refractivity contribution in [1.82, 2.24) is 0 Å². The number of rotatable bonds is 5. The van der Waals surface area contributed by atoms with Gasteiger partial charge in [0.1, 0.15) is 0 Å². The number of aryl methyl sites for hydroxylation is 1. The maximum absolute atomic E-state index is 12.3. The molecule has 1 amide bonds.